The minimum Gasteiger partial charge on any atom is -0.493 e. The van der Waals surface area contributed by atoms with Gasteiger partial charge in [-0.3, -0.25) is 4.79 Å². The van der Waals surface area contributed by atoms with Crippen molar-refractivity contribution in [3.05, 3.63) is 53.6 Å². The Bertz CT molecular complexity index is 808. The van der Waals surface area contributed by atoms with Crippen LogP contribution >= 0.6 is 0 Å². The molecule has 0 radical (unpaired) electrons. The van der Waals surface area contributed by atoms with E-state index >= 15 is 0 Å². The van der Waals surface area contributed by atoms with E-state index < -0.39 is 0 Å². The summed E-state index contributed by atoms with van der Waals surface area (Å²) in [5.41, 5.74) is 2.78. The van der Waals surface area contributed by atoms with E-state index in [4.69, 9.17) is 14.3 Å². The maximum absolute atomic E-state index is 12.0. The van der Waals surface area contributed by atoms with Crippen LogP contribution in [0.3, 0.4) is 0 Å². The summed E-state index contributed by atoms with van der Waals surface area (Å²) in [7, 11) is 1.58. The summed E-state index contributed by atoms with van der Waals surface area (Å²) in [6, 6.07) is 13.2. The fraction of sp³-hybridized carbons (Fsp3) is 0.364. The molecule has 0 saturated carbocycles. The number of hydrogen-bond acceptors (Lipinski definition) is 5. The summed E-state index contributed by atoms with van der Waals surface area (Å²) in [6.07, 6.45) is 1.52. The molecule has 0 bridgehead atoms. The van der Waals surface area contributed by atoms with Crippen molar-refractivity contribution in [2.75, 3.05) is 25.6 Å². The number of nitrogens with zero attached hydrogens (tertiary/aromatic N) is 1. The maximum atomic E-state index is 12.0. The van der Waals surface area contributed by atoms with Gasteiger partial charge in [0.05, 0.1) is 19.9 Å². The van der Waals surface area contributed by atoms with Gasteiger partial charge >= 0.3 is 0 Å². The zero-order chi connectivity index (χ0) is 20.6. The Kier molecular flexibility index (Phi) is 7.44. The lowest BCUT2D eigenvalue weighted by Crippen LogP contribution is -2.17. The van der Waals surface area contributed by atoms with Crippen molar-refractivity contribution < 1.29 is 19.1 Å². The van der Waals surface area contributed by atoms with Gasteiger partial charge in [0, 0.05) is 11.3 Å². The van der Waals surface area contributed by atoms with Gasteiger partial charge in [0.25, 0.3) is 5.91 Å². The Morgan fingerprint density at radius 2 is 1.82 bits per heavy atom. The first-order chi connectivity index (χ1) is 13.3. The summed E-state index contributed by atoms with van der Waals surface area (Å²) >= 11 is 0. The van der Waals surface area contributed by atoms with Gasteiger partial charge in [-0.15, -0.1) is 0 Å². The highest BCUT2D eigenvalue weighted by Crippen LogP contribution is 2.27. The zero-order valence-corrected chi connectivity index (χ0v) is 17.1. The lowest BCUT2D eigenvalue weighted by Gasteiger charge is -2.19. The zero-order valence-electron chi connectivity index (χ0n) is 17.1. The molecule has 28 heavy (non-hydrogen) atoms. The first-order valence-electron chi connectivity index (χ1n) is 9.20. The summed E-state index contributed by atoms with van der Waals surface area (Å²) < 4.78 is 10.8. The second-order valence-electron chi connectivity index (χ2n) is 7.23. The molecule has 150 valence electrons. The molecule has 1 N–H and O–H groups in total. The number of benzene rings is 2. The minimum absolute atomic E-state index is 0.0733. The Balaban J connectivity index is 1.85. The summed E-state index contributed by atoms with van der Waals surface area (Å²) in [6.45, 7) is 8.73. The average molecular weight is 384 g/mol. The third kappa shape index (κ3) is 6.30. The number of ether oxygens (including phenoxy) is 2. The van der Waals surface area contributed by atoms with Crippen LogP contribution in [0.15, 0.2) is 47.6 Å². The summed E-state index contributed by atoms with van der Waals surface area (Å²) in [5.74, 6) is 1.01. The number of anilines is 1. The first-order valence-corrected chi connectivity index (χ1v) is 9.20. The van der Waals surface area contributed by atoms with Crippen LogP contribution in [0.25, 0.3) is 0 Å². The fourth-order valence-corrected chi connectivity index (χ4v) is 2.48. The molecule has 0 aromatic heterocycles. The van der Waals surface area contributed by atoms with Gasteiger partial charge < -0.3 is 19.6 Å². The van der Waals surface area contributed by atoms with Crippen LogP contribution in [0.2, 0.25) is 0 Å². The van der Waals surface area contributed by atoms with Crippen LogP contribution in [-0.2, 0) is 15.0 Å². The molecule has 0 unspecified atom stereocenters. The standard InChI is InChI=1S/C22H28N2O4/c1-6-27-19-12-7-16(13-20(19)26-5)14-23-28-15-21(25)24-18-10-8-17(9-11-18)22(2,3)4/h7-14H,6,15H2,1-5H3,(H,24,25)/b23-14+. The number of rotatable bonds is 8. The number of carbonyl (C=O) groups is 1. The van der Waals surface area contributed by atoms with E-state index in [1.165, 1.54) is 11.8 Å². The molecule has 0 fully saturated rings. The number of amides is 1. The van der Waals surface area contributed by atoms with Gasteiger partial charge in [0.2, 0.25) is 0 Å². The van der Waals surface area contributed by atoms with E-state index in [0.717, 1.165) is 11.3 Å². The quantitative estimate of drug-likeness (QED) is 0.542. The van der Waals surface area contributed by atoms with Crippen LogP contribution in [-0.4, -0.2) is 32.4 Å². The first kappa shape index (κ1) is 21.3. The molecule has 0 saturated heterocycles. The molecule has 0 atom stereocenters. The SMILES string of the molecule is CCOc1ccc(/C=N/OCC(=O)Nc2ccc(C(C)(C)C)cc2)cc1OC. The molecule has 0 spiro atoms. The van der Waals surface area contributed by atoms with Crippen molar-refractivity contribution in [3.8, 4) is 11.5 Å². The lowest BCUT2D eigenvalue weighted by atomic mass is 9.87. The van der Waals surface area contributed by atoms with E-state index in [-0.39, 0.29) is 17.9 Å². The van der Waals surface area contributed by atoms with Crippen molar-refractivity contribution in [2.45, 2.75) is 33.1 Å². The van der Waals surface area contributed by atoms with Gasteiger partial charge in [-0.1, -0.05) is 38.1 Å². The van der Waals surface area contributed by atoms with Crippen molar-refractivity contribution in [1.29, 1.82) is 0 Å². The van der Waals surface area contributed by atoms with E-state index in [0.29, 0.717) is 18.1 Å². The summed E-state index contributed by atoms with van der Waals surface area (Å²) in [4.78, 5) is 17.1. The Hall–Kier alpha value is -3.02. The number of hydrogen-bond donors (Lipinski definition) is 1. The molecule has 1 amide bonds. The van der Waals surface area contributed by atoms with E-state index in [9.17, 15) is 4.79 Å². The van der Waals surface area contributed by atoms with Gasteiger partial charge in [-0.25, -0.2) is 0 Å². The predicted octanol–water partition coefficient (Wildman–Crippen LogP) is 4.38. The van der Waals surface area contributed by atoms with Crippen molar-refractivity contribution in [3.63, 3.8) is 0 Å². The Morgan fingerprint density at radius 1 is 1.11 bits per heavy atom. The Labute approximate surface area is 166 Å². The number of carbonyl (C=O) groups excluding carboxylic acids is 1. The highest BCUT2D eigenvalue weighted by molar-refractivity contribution is 5.91. The minimum atomic E-state index is -0.273. The highest BCUT2D eigenvalue weighted by Gasteiger charge is 2.13. The maximum Gasteiger partial charge on any atom is 0.265 e. The molecule has 2 aromatic carbocycles. The van der Waals surface area contributed by atoms with Crippen LogP contribution in [0, 0.1) is 0 Å². The van der Waals surface area contributed by atoms with Gasteiger partial charge in [0.15, 0.2) is 18.1 Å². The monoisotopic (exact) mass is 384 g/mol. The second kappa shape index (κ2) is 9.78. The molecular weight excluding hydrogens is 356 g/mol. The van der Waals surface area contributed by atoms with Crippen LogP contribution in [0.5, 0.6) is 11.5 Å². The molecule has 0 aliphatic heterocycles. The number of methoxy groups -OCH3 is 1. The third-order valence-electron chi connectivity index (χ3n) is 3.99. The molecule has 0 heterocycles. The topological polar surface area (TPSA) is 69.2 Å². The van der Waals surface area contributed by atoms with Gasteiger partial charge in [0.1, 0.15) is 0 Å². The van der Waals surface area contributed by atoms with Crippen LogP contribution in [0.1, 0.15) is 38.8 Å². The molecule has 0 aliphatic rings. The average Bonchev–Trinajstić information content (AvgIpc) is 2.66. The molecule has 6 nitrogen and oxygen atoms in total. The van der Waals surface area contributed by atoms with Gasteiger partial charge in [-0.2, -0.15) is 0 Å². The molecule has 6 heteroatoms. The number of oxime groups is 1. The second-order valence-corrected chi connectivity index (χ2v) is 7.23. The third-order valence-corrected chi connectivity index (χ3v) is 3.99. The van der Waals surface area contributed by atoms with Crippen LogP contribution < -0.4 is 14.8 Å². The number of nitrogens with one attached hydrogen (secondary N) is 1. The molecule has 0 aliphatic carbocycles. The molecular formula is C22H28N2O4. The van der Waals surface area contributed by atoms with Crippen molar-refractivity contribution >= 4 is 17.8 Å². The molecule has 2 aromatic rings. The van der Waals surface area contributed by atoms with E-state index in [1.807, 2.05) is 37.3 Å². The van der Waals surface area contributed by atoms with E-state index in [1.54, 1.807) is 19.2 Å². The summed E-state index contributed by atoms with van der Waals surface area (Å²) in [5, 5.41) is 6.62. The largest absolute Gasteiger partial charge is 0.493 e. The van der Waals surface area contributed by atoms with Crippen LogP contribution in [0.4, 0.5) is 5.69 Å². The highest BCUT2D eigenvalue weighted by atomic mass is 16.6. The van der Waals surface area contributed by atoms with Crippen molar-refractivity contribution in [1.82, 2.24) is 0 Å². The fourth-order valence-electron chi connectivity index (χ4n) is 2.48. The van der Waals surface area contributed by atoms with Gasteiger partial charge in [-0.05, 0) is 48.2 Å². The van der Waals surface area contributed by atoms with Crippen molar-refractivity contribution in [2.24, 2.45) is 5.16 Å². The predicted molar refractivity (Wildman–Crippen MR) is 111 cm³/mol. The van der Waals surface area contributed by atoms with E-state index in [2.05, 4.69) is 31.2 Å². The normalized spacial score (nSPS) is 11.3. The lowest BCUT2D eigenvalue weighted by molar-refractivity contribution is -0.120. The Morgan fingerprint density at radius 3 is 2.43 bits per heavy atom. The molecule has 2 rings (SSSR count). The smallest absolute Gasteiger partial charge is 0.265 e.